The van der Waals surface area contributed by atoms with Crippen molar-refractivity contribution in [2.45, 2.75) is 26.3 Å². The predicted octanol–water partition coefficient (Wildman–Crippen LogP) is 2.34. The van der Waals surface area contributed by atoms with Crippen LogP contribution in [0.1, 0.15) is 36.2 Å². The molecule has 0 bridgehead atoms. The summed E-state index contributed by atoms with van der Waals surface area (Å²) < 4.78 is 13.2. The molecule has 0 amide bonds. The van der Waals surface area contributed by atoms with E-state index in [1.165, 1.54) is 12.1 Å². The standard InChI is InChI=1S/C13H17FN4/c1-3-6-15-13(12-8-16-18-17-12)11-5-4-10(14)7-9(11)2/h4-5,7-8,13,15H,3,6H2,1-2H3,(H,16,17,18). The van der Waals surface area contributed by atoms with Crippen LogP contribution in [0.2, 0.25) is 0 Å². The summed E-state index contributed by atoms with van der Waals surface area (Å²) in [5.74, 6) is -0.217. The van der Waals surface area contributed by atoms with Crippen molar-refractivity contribution in [2.75, 3.05) is 6.54 Å². The molecular formula is C13H17FN4. The van der Waals surface area contributed by atoms with Crippen LogP contribution in [0, 0.1) is 12.7 Å². The van der Waals surface area contributed by atoms with Crippen LogP contribution >= 0.6 is 0 Å². The number of hydrogen-bond donors (Lipinski definition) is 2. The largest absolute Gasteiger partial charge is 0.305 e. The highest BCUT2D eigenvalue weighted by Gasteiger charge is 2.18. The first kappa shape index (κ1) is 12.7. The average molecular weight is 248 g/mol. The summed E-state index contributed by atoms with van der Waals surface area (Å²) in [6, 6.07) is 4.76. The van der Waals surface area contributed by atoms with E-state index in [9.17, 15) is 4.39 Å². The van der Waals surface area contributed by atoms with Crippen molar-refractivity contribution in [3.05, 3.63) is 47.0 Å². The van der Waals surface area contributed by atoms with E-state index in [0.717, 1.165) is 29.8 Å². The number of aromatic amines is 1. The molecule has 0 aliphatic carbocycles. The smallest absolute Gasteiger partial charge is 0.123 e. The van der Waals surface area contributed by atoms with Crippen molar-refractivity contribution >= 4 is 0 Å². The summed E-state index contributed by atoms with van der Waals surface area (Å²) in [5, 5.41) is 14.0. The molecule has 2 N–H and O–H groups in total. The van der Waals surface area contributed by atoms with Gasteiger partial charge < -0.3 is 5.32 Å². The van der Waals surface area contributed by atoms with E-state index in [2.05, 4.69) is 27.7 Å². The van der Waals surface area contributed by atoms with E-state index in [0.29, 0.717) is 0 Å². The van der Waals surface area contributed by atoms with Crippen LogP contribution in [-0.4, -0.2) is 22.0 Å². The van der Waals surface area contributed by atoms with Crippen molar-refractivity contribution in [2.24, 2.45) is 0 Å². The van der Waals surface area contributed by atoms with Crippen molar-refractivity contribution in [1.82, 2.24) is 20.7 Å². The number of rotatable bonds is 5. The van der Waals surface area contributed by atoms with E-state index in [-0.39, 0.29) is 11.9 Å². The first-order valence-electron chi connectivity index (χ1n) is 6.07. The Kier molecular flexibility index (Phi) is 4.04. The average Bonchev–Trinajstić information content (AvgIpc) is 2.85. The zero-order valence-electron chi connectivity index (χ0n) is 10.6. The van der Waals surface area contributed by atoms with E-state index in [1.807, 2.05) is 6.92 Å². The molecule has 0 saturated heterocycles. The highest BCUT2D eigenvalue weighted by molar-refractivity contribution is 5.33. The molecule has 0 saturated carbocycles. The van der Waals surface area contributed by atoms with Gasteiger partial charge in [0, 0.05) is 0 Å². The minimum atomic E-state index is -0.217. The van der Waals surface area contributed by atoms with Crippen molar-refractivity contribution in [1.29, 1.82) is 0 Å². The van der Waals surface area contributed by atoms with Crippen LogP contribution in [0.15, 0.2) is 24.4 Å². The fraction of sp³-hybridized carbons (Fsp3) is 0.385. The maximum absolute atomic E-state index is 13.2. The molecule has 18 heavy (non-hydrogen) atoms. The van der Waals surface area contributed by atoms with Gasteiger partial charge in [-0.3, -0.25) is 0 Å². The Morgan fingerprint density at radius 1 is 1.44 bits per heavy atom. The minimum absolute atomic E-state index is 0.0516. The highest BCUT2D eigenvalue weighted by atomic mass is 19.1. The van der Waals surface area contributed by atoms with Gasteiger partial charge in [-0.1, -0.05) is 13.0 Å². The fourth-order valence-electron chi connectivity index (χ4n) is 1.98. The summed E-state index contributed by atoms with van der Waals surface area (Å²) in [7, 11) is 0. The molecule has 1 aromatic carbocycles. The molecule has 0 fully saturated rings. The fourth-order valence-corrected chi connectivity index (χ4v) is 1.98. The SMILES string of the molecule is CCCNC(c1cn[nH]n1)c1ccc(F)cc1C. The topological polar surface area (TPSA) is 53.6 Å². The number of benzene rings is 1. The molecule has 2 rings (SSSR count). The number of halogens is 1. The molecule has 0 radical (unpaired) electrons. The monoisotopic (exact) mass is 248 g/mol. The number of nitrogens with zero attached hydrogens (tertiary/aromatic N) is 2. The lowest BCUT2D eigenvalue weighted by atomic mass is 9.99. The van der Waals surface area contributed by atoms with Gasteiger partial charge in [0.05, 0.1) is 12.2 Å². The van der Waals surface area contributed by atoms with Crippen LogP contribution in [0.25, 0.3) is 0 Å². The van der Waals surface area contributed by atoms with Crippen molar-refractivity contribution in [3.63, 3.8) is 0 Å². The molecular weight excluding hydrogens is 231 g/mol. The molecule has 5 heteroatoms. The van der Waals surface area contributed by atoms with Crippen LogP contribution in [-0.2, 0) is 0 Å². The summed E-state index contributed by atoms with van der Waals surface area (Å²) in [5.41, 5.74) is 2.75. The highest BCUT2D eigenvalue weighted by Crippen LogP contribution is 2.23. The zero-order valence-corrected chi connectivity index (χ0v) is 10.6. The van der Waals surface area contributed by atoms with Crippen molar-refractivity contribution in [3.8, 4) is 0 Å². The van der Waals surface area contributed by atoms with Gasteiger partial charge in [0.1, 0.15) is 11.5 Å². The number of aromatic nitrogens is 3. The van der Waals surface area contributed by atoms with Crippen LogP contribution in [0.3, 0.4) is 0 Å². The van der Waals surface area contributed by atoms with Gasteiger partial charge in [-0.05, 0) is 43.1 Å². The lowest BCUT2D eigenvalue weighted by Crippen LogP contribution is -2.24. The van der Waals surface area contributed by atoms with Gasteiger partial charge in [-0.2, -0.15) is 15.4 Å². The quantitative estimate of drug-likeness (QED) is 0.854. The Morgan fingerprint density at radius 3 is 2.89 bits per heavy atom. The summed E-state index contributed by atoms with van der Waals surface area (Å²) in [6.45, 7) is 4.87. The lowest BCUT2D eigenvalue weighted by molar-refractivity contribution is 0.578. The summed E-state index contributed by atoms with van der Waals surface area (Å²) in [4.78, 5) is 0. The molecule has 1 unspecified atom stereocenters. The molecule has 0 aliphatic heterocycles. The van der Waals surface area contributed by atoms with Gasteiger partial charge in [-0.15, -0.1) is 0 Å². The van der Waals surface area contributed by atoms with Gasteiger partial charge >= 0.3 is 0 Å². The number of hydrogen-bond acceptors (Lipinski definition) is 3. The summed E-state index contributed by atoms with van der Waals surface area (Å²) in [6.07, 6.45) is 2.71. The zero-order chi connectivity index (χ0) is 13.0. The van der Waals surface area contributed by atoms with E-state index < -0.39 is 0 Å². The number of H-pyrrole nitrogens is 1. The normalized spacial score (nSPS) is 12.6. The Hall–Kier alpha value is -1.75. The van der Waals surface area contributed by atoms with Crippen molar-refractivity contribution < 1.29 is 4.39 Å². The second-order valence-electron chi connectivity index (χ2n) is 4.28. The Bertz CT molecular complexity index is 496. The molecule has 1 atom stereocenters. The van der Waals surface area contributed by atoms with Gasteiger partial charge in [0.15, 0.2) is 0 Å². The molecule has 0 aliphatic rings. The second kappa shape index (κ2) is 5.73. The third kappa shape index (κ3) is 2.73. The first-order chi connectivity index (χ1) is 8.72. The summed E-state index contributed by atoms with van der Waals surface area (Å²) >= 11 is 0. The molecule has 4 nitrogen and oxygen atoms in total. The van der Waals surface area contributed by atoms with Crippen LogP contribution < -0.4 is 5.32 Å². The molecule has 2 aromatic rings. The molecule has 96 valence electrons. The maximum atomic E-state index is 13.2. The van der Waals surface area contributed by atoms with Crippen LogP contribution in [0.5, 0.6) is 0 Å². The lowest BCUT2D eigenvalue weighted by Gasteiger charge is -2.18. The predicted molar refractivity (Wildman–Crippen MR) is 67.7 cm³/mol. The van der Waals surface area contributed by atoms with E-state index >= 15 is 0 Å². The second-order valence-corrected chi connectivity index (χ2v) is 4.28. The Morgan fingerprint density at radius 2 is 2.28 bits per heavy atom. The molecule has 1 aromatic heterocycles. The van der Waals surface area contributed by atoms with Gasteiger partial charge in [0.25, 0.3) is 0 Å². The Balaban J connectivity index is 2.33. The molecule has 1 heterocycles. The number of aryl methyl sites for hydroxylation is 1. The van der Waals surface area contributed by atoms with Gasteiger partial charge in [0.2, 0.25) is 0 Å². The molecule has 0 spiro atoms. The number of nitrogens with one attached hydrogen (secondary N) is 2. The van der Waals surface area contributed by atoms with Crippen LogP contribution in [0.4, 0.5) is 4.39 Å². The van der Waals surface area contributed by atoms with E-state index in [4.69, 9.17) is 0 Å². The maximum Gasteiger partial charge on any atom is 0.123 e. The Labute approximate surface area is 106 Å². The first-order valence-corrected chi connectivity index (χ1v) is 6.07. The third-order valence-corrected chi connectivity index (χ3v) is 2.87. The van der Waals surface area contributed by atoms with E-state index in [1.54, 1.807) is 12.3 Å². The van der Waals surface area contributed by atoms with Gasteiger partial charge in [-0.25, -0.2) is 4.39 Å². The minimum Gasteiger partial charge on any atom is -0.305 e. The third-order valence-electron chi connectivity index (χ3n) is 2.87.